The molecule has 0 fully saturated rings. The second-order valence-corrected chi connectivity index (χ2v) is 9.22. The van der Waals surface area contributed by atoms with Gasteiger partial charge >= 0.3 is 117 Å². The fourth-order valence-corrected chi connectivity index (χ4v) is 5.61. The fourth-order valence-electron chi connectivity index (χ4n) is 2.10. The van der Waals surface area contributed by atoms with E-state index in [1.54, 1.807) is 21.3 Å². The van der Waals surface area contributed by atoms with E-state index in [1.165, 1.54) is 12.8 Å². The van der Waals surface area contributed by atoms with Gasteiger partial charge in [-0.05, 0) is 0 Å². The maximum absolute atomic E-state index is 5.55. The first-order valence-electron chi connectivity index (χ1n) is 6.79. The van der Waals surface area contributed by atoms with Crippen LogP contribution in [0.25, 0.3) is 0 Å². The van der Waals surface area contributed by atoms with Crippen LogP contribution in [-0.4, -0.2) is 38.8 Å². The van der Waals surface area contributed by atoms with Crippen LogP contribution in [0.5, 0.6) is 0 Å². The molecule has 1 unspecified atom stereocenters. The Morgan fingerprint density at radius 3 is 2.00 bits per heavy atom. The third-order valence-corrected chi connectivity index (χ3v) is 8.17. The Morgan fingerprint density at radius 2 is 1.56 bits per heavy atom. The van der Waals surface area contributed by atoms with Crippen LogP contribution in [0.15, 0.2) is 0 Å². The molecule has 6 heteroatoms. The van der Waals surface area contributed by atoms with Gasteiger partial charge in [-0.1, -0.05) is 0 Å². The normalized spacial score (nSPS) is 13.8. The summed E-state index contributed by atoms with van der Waals surface area (Å²) in [6.45, 7) is 3.90. The number of nitrogens with one attached hydrogen (secondary N) is 1. The van der Waals surface area contributed by atoms with Crippen LogP contribution < -0.4 is 11.1 Å². The summed E-state index contributed by atoms with van der Waals surface area (Å²) in [7, 11) is 5.04. The Bertz CT molecular complexity index is 184. The average molecular weight is 298 g/mol. The van der Waals surface area contributed by atoms with Crippen LogP contribution in [-0.2, 0) is 27.7 Å². The van der Waals surface area contributed by atoms with Gasteiger partial charge in [-0.2, -0.15) is 0 Å². The maximum atomic E-state index is 5.55. The number of nitrogens with two attached hydrogens (primary N) is 1. The first-order chi connectivity index (χ1) is 8.70. The summed E-state index contributed by atoms with van der Waals surface area (Å²) in [6, 6.07) is 0. The van der Waals surface area contributed by atoms with Crippen LogP contribution >= 0.6 is 0 Å². The van der Waals surface area contributed by atoms with Crippen LogP contribution in [0.3, 0.4) is 0 Å². The van der Waals surface area contributed by atoms with Crippen molar-refractivity contribution in [1.82, 2.24) is 5.32 Å². The summed E-state index contributed by atoms with van der Waals surface area (Å²) >= 11 is -3.10. The van der Waals surface area contributed by atoms with Gasteiger partial charge in [0.05, 0.1) is 0 Å². The van der Waals surface area contributed by atoms with Crippen LogP contribution in [0.4, 0.5) is 0 Å². The number of hydrogen-bond donors (Lipinski definition) is 2. The third-order valence-electron chi connectivity index (χ3n) is 3.21. The molecule has 18 heavy (non-hydrogen) atoms. The number of hydrogen-bond acceptors (Lipinski definition) is 5. The Balaban J connectivity index is 4.01. The number of rotatable bonds is 12. The van der Waals surface area contributed by atoms with Crippen molar-refractivity contribution in [2.45, 2.75) is 43.4 Å². The SMILES string of the molecule is CC[CH](NCCCCCCN)[Ti]([O]C)([O]C)[O]C. The van der Waals surface area contributed by atoms with Crippen molar-refractivity contribution in [3.8, 4) is 0 Å². The molecule has 0 aliphatic rings. The summed E-state index contributed by atoms with van der Waals surface area (Å²) in [5.74, 6) is 0. The molecule has 0 aromatic rings. The van der Waals surface area contributed by atoms with Crippen molar-refractivity contribution in [1.29, 1.82) is 0 Å². The molecule has 0 aromatic heterocycles. The van der Waals surface area contributed by atoms with E-state index in [9.17, 15) is 0 Å². The molecule has 0 aliphatic carbocycles. The molecule has 0 spiro atoms. The van der Waals surface area contributed by atoms with Crippen molar-refractivity contribution in [2.24, 2.45) is 5.73 Å². The van der Waals surface area contributed by atoms with Gasteiger partial charge in [0.25, 0.3) is 0 Å². The molecule has 0 radical (unpaired) electrons. The van der Waals surface area contributed by atoms with Crippen LogP contribution in [0.1, 0.15) is 39.0 Å². The molecule has 1 atom stereocenters. The zero-order valence-electron chi connectivity index (χ0n) is 12.3. The van der Waals surface area contributed by atoms with Gasteiger partial charge in [-0.25, -0.2) is 0 Å². The van der Waals surface area contributed by atoms with E-state index in [0.717, 1.165) is 32.4 Å². The summed E-state index contributed by atoms with van der Waals surface area (Å²) in [5.41, 5.74) is 5.47. The molecule has 110 valence electrons. The second kappa shape index (κ2) is 11.4. The van der Waals surface area contributed by atoms with Gasteiger partial charge in [0, 0.05) is 0 Å². The predicted molar refractivity (Wildman–Crippen MR) is 70.6 cm³/mol. The van der Waals surface area contributed by atoms with E-state index in [2.05, 4.69) is 12.2 Å². The molecule has 0 amide bonds. The minimum absolute atomic E-state index is 0.208. The van der Waals surface area contributed by atoms with Crippen molar-refractivity contribution < 1.29 is 27.7 Å². The fraction of sp³-hybridized carbons (Fsp3) is 1.00. The summed E-state index contributed by atoms with van der Waals surface area (Å²) in [4.78, 5) is 0. The van der Waals surface area contributed by atoms with E-state index in [1.807, 2.05) is 0 Å². The summed E-state index contributed by atoms with van der Waals surface area (Å²) in [5, 5.41) is 3.52. The van der Waals surface area contributed by atoms with Crippen LogP contribution in [0.2, 0.25) is 0 Å². The molecule has 5 nitrogen and oxygen atoms in total. The first-order valence-corrected chi connectivity index (χ1v) is 9.61. The van der Waals surface area contributed by atoms with Crippen molar-refractivity contribution in [2.75, 3.05) is 34.4 Å². The molecule has 0 heterocycles. The zero-order chi connectivity index (χ0) is 13.9. The molecule has 0 saturated carbocycles. The molecule has 0 rings (SSSR count). The van der Waals surface area contributed by atoms with Crippen molar-refractivity contribution >= 4 is 0 Å². The summed E-state index contributed by atoms with van der Waals surface area (Å²) < 4.78 is 16.9. The molecule has 3 N–H and O–H groups in total. The van der Waals surface area contributed by atoms with Gasteiger partial charge in [-0.15, -0.1) is 0 Å². The van der Waals surface area contributed by atoms with E-state index in [-0.39, 0.29) is 4.35 Å². The van der Waals surface area contributed by atoms with Crippen molar-refractivity contribution in [3.05, 3.63) is 0 Å². The molecule has 0 bridgehead atoms. The van der Waals surface area contributed by atoms with E-state index in [4.69, 9.17) is 15.7 Å². The number of unbranched alkanes of at least 4 members (excludes halogenated alkanes) is 3. The molecule has 0 saturated heterocycles. The van der Waals surface area contributed by atoms with E-state index < -0.39 is 17.8 Å². The second-order valence-electron chi connectivity index (χ2n) is 4.33. The minimum atomic E-state index is -3.10. The van der Waals surface area contributed by atoms with E-state index in [0.29, 0.717) is 0 Å². The average Bonchev–Trinajstić information content (AvgIpc) is 2.42. The molecule has 0 aliphatic heterocycles. The monoisotopic (exact) mass is 298 g/mol. The quantitative estimate of drug-likeness (QED) is 0.424. The predicted octanol–water partition coefficient (Wildman–Crippen LogP) is 1.67. The van der Waals surface area contributed by atoms with Crippen LogP contribution in [0, 0.1) is 0 Å². The molecule has 0 aromatic carbocycles. The first kappa shape index (κ1) is 18.5. The van der Waals surface area contributed by atoms with Gasteiger partial charge in [0.2, 0.25) is 0 Å². The van der Waals surface area contributed by atoms with Gasteiger partial charge in [0.1, 0.15) is 0 Å². The van der Waals surface area contributed by atoms with Gasteiger partial charge in [0.15, 0.2) is 0 Å². The topological polar surface area (TPSA) is 65.7 Å². The Labute approximate surface area is 117 Å². The van der Waals surface area contributed by atoms with E-state index >= 15 is 0 Å². The van der Waals surface area contributed by atoms with Gasteiger partial charge in [-0.3, -0.25) is 0 Å². The Hall–Kier alpha value is 0.514. The molecular formula is C12H30N2O3Ti. The Kier molecular flexibility index (Phi) is 11.7. The Morgan fingerprint density at radius 1 is 1.00 bits per heavy atom. The van der Waals surface area contributed by atoms with Crippen molar-refractivity contribution in [3.63, 3.8) is 0 Å². The standard InChI is InChI=1S/C9H21N2.3CH3O.Ti/c1-2-8-11-9-6-4-3-5-7-10;3*1-2;/h8,11H,2-7,9-10H2,1H3;3*1H3;/q;3*-1;+3. The van der Waals surface area contributed by atoms with Gasteiger partial charge < -0.3 is 0 Å². The zero-order valence-corrected chi connectivity index (χ0v) is 13.9. The summed E-state index contributed by atoms with van der Waals surface area (Å²) in [6.07, 6.45) is 5.66. The molecular weight excluding hydrogens is 268 g/mol. The third kappa shape index (κ3) is 6.11.